The number of carbonyl (C=O) groups excluding carboxylic acids is 2. The highest BCUT2D eigenvalue weighted by atomic mass is 19.1. The summed E-state index contributed by atoms with van der Waals surface area (Å²) in [6.07, 6.45) is 2.11. The zero-order chi connectivity index (χ0) is 24.4. The monoisotopic (exact) mass is 479 g/mol. The van der Waals surface area contributed by atoms with Crippen molar-refractivity contribution in [2.75, 3.05) is 46.4 Å². The van der Waals surface area contributed by atoms with Crippen molar-refractivity contribution >= 4 is 11.8 Å². The highest BCUT2D eigenvalue weighted by Gasteiger charge is 2.59. The van der Waals surface area contributed by atoms with E-state index in [9.17, 15) is 14.0 Å². The molecule has 0 radical (unpaired) electrons. The van der Waals surface area contributed by atoms with Gasteiger partial charge in [-0.1, -0.05) is 42.5 Å². The Bertz CT molecular complexity index is 1050. The van der Waals surface area contributed by atoms with E-state index in [0.29, 0.717) is 19.6 Å². The molecule has 0 unspecified atom stereocenters. The summed E-state index contributed by atoms with van der Waals surface area (Å²) in [6.45, 7) is 5.12. The highest BCUT2D eigenvalue weighted by molar-refractivity contribution is 5.84. The first kappa shape index (κ1) is 23.9. The Balaban J connectivity index is 1.10. The number of hydrogen-bond acceptors (Lipinski definition) is 4. The molecule has 7 heteroatoms. The molecule has 35 heavy (non-hydrogen) atoms. The van der Waals surface area contributed by atoms with Crippen LogP contribution in [0, 0.1) is 17.2 Å². The number of rotatable bonds is 6. The van der Waals surface area contributed by atoms with Crippen LogP contribution in [-0.4, -0.2) is 72.9 Å². The van der Waals surface area contributed by atoms with E-state index < -0.39 is 6.10 Å². The molecule has 0 aromatic heterocycles. The van der Waals surface area contributed by atoms with Crippen LogP contribution >= 0.6 is 0 Å². The van der Waals surface area contributed by atoms with Crippen molar-refractivity contribution in [1.29, 1.82) is 0 Å². The summed E-state index contributed by atoms with van der Waals surface area (Å²) in [7, 11) is 1.58. The molecule has 2 heterocycles. The molecule has 3 fully saturated rings. The molecule has 1 saturated carbocycles. The molecule has 2 saturated heterocycles. The number of halogens is 1. The summed E-state index contributed by atoms with van der Waals surface area (Å²) in [5.74, 6) is 0.156. The summed E-state index contributed by atoms with van der Waals surface area (Å²) in [4.78, 5) is 32.6. The molecule has 6 nitrogen and oxygen atoms in total. The molecular weight excluding hydrogens is 445 g/mol. The van der Waals surface area contributed by atoms with E-state index in [1.54, 1.807) is 19.2 Å². The van der Waals surface area contributed by atoms with Crippen molar-refractivity contribution in [2.45, 2.75) is 31.9 Å². The molecule has 2 atom stereocenters. The number of amides is 2. The number of nitrogens with zero attached hydrogens (tertiary/aromatic N) is 3. The summed E-state index contributed by atoms with van der Waals surface area (Å²) in [5, 5.41) is 0. The molecule has 2 amide bonds. The number of ether oxygens (including phenoxy) is 1. The first-order valence-corrected chi connectivity index (χ1v) is 12.6. The Morgan fingerprint density at radius 3 is 2.34 bits per heavy atom. The fourth-order valence-corrected chi connectivity index (χ4v) is 5.84. The minimum Gasteiger partial charge on any atom is -0.367 e. The molecule has 0 bridgehead atoms. The van der Waals surface area contributed by atoms with Gasteiger partial charge in [-0.2, -0.15) is 0 Å². The maximum absolute atomic E-state index is 13.5. The SMILES string of the molecule is CO[C@@H](C(=O)N1CCC2(CC1)C[C@H]2C(=O)N1CCN(Cc2cccc(F)c2)CC1)c1ccccc1. The zero-order valence-corrected chi connectivity index (χ0v) is 20.4. The van der Waals surface area contributed by atoms with Crippen LogP contribution in [0.15, 0.2) is 54.6 Å². The first-order chi connectivity index (χ1) is 17.0. The maximum Gasteiger partial charge on any atom is 0.256 e. The Hall–Kier alpha value is -2.77. The minimum absolute atomic E-state index is 0.00601. The van der Waals surface area contributed by atoms with Gasteiger partial charge in [-0.25, -0.2) is 4.39 Å². The summed E-state index contributed by atoms with van der Waals surface area (Å²) in [5.41, 5.74) is 1.90. The van der Waals surface area contributed by atoms with Gasteiger partial charge in [0.25, 0.3) is 5.91 Å². The lowest BCUT2D eigenvalue weighted by atomic mass is 9.90. The van der Waals surface area contributed by atoms with E-state index in [1.807, 2.05) is 46.2 Å². The Morgan fingerprint density at radius 2 is 1.69 bits per heavy atom. The number of hydrogen-bond donors (Lipinski definition) is 0. The van der Waals surface area contributed by atoms with Gasteiger partial charge in [0.05, 0.1) is 0 Å². The molecule has 2 aromatic rings. The predicted octanol–water partition coefficient (Wildman–Crippen LogP) is 3.49. The van der Waals surface area contributed by atoms with Gasteiger partial charge in [0.1, 0.15) is 5.82 Å². The second-order valence-corrected chi connectivity index (χ2v) is 10.2. The normalized spacial score (nSPS) is 22.7. The zero-order valence-electron chi connectivity index (χ0n) is 20.4. The van der Waals surface area contributed by atoms with E-state index >= 15 is 0 Å². The second kappa shape index (κ2) is 10.1. The third-order valence-electron chi connectivity index (χ3n) is 8.10. The number of carbonyl (C=O) groups is 2. The summed E-state index contributed by atoms with van der Waals surface area (Å²) in [6, 6.07) is 16.3. The number of piperazine rings is 1. The third kappa shape index (κ3) is 5.11. The van der Waals surface area contributed by atoms with Crippen LogP contribution in [0.1, 0.15) is 36.5 Å². The number of benzene rings is 2. The van der Waals surface area contributed by atoms with E-state index in [-0.39, 0.29) is 29.0 Å². The van der Waals surface area contributed by atoms with Gasteiger partial charge in [0.15, 0.2) is 6.10 Å². The van der Waals surface area contributed by atoms with Crippen LogP contribution in [0.2, 0.25) is 0 Å². The average molecular weight is 480 g/mol. The molecule has 3 aliphatic rings. The topological polar surface area (TPSA) is 53.1 Å². The van der Waals surface area contributed by atoms with Gasteiger partial charge >= 0.3 is 0 Å². The fraction of sp³-hybridized carbons (Fsp3) is 0.500. The van der Waals surface area contributed by atoms with Crippen molar-refractivity contribution < 1.29 is 18.7 Å². The standard InChI is InChI=1S/C28H34FN3O3/c1-35-25(22-7-3-2-4-8-22)27(34)31-12-10-28(11-13-31)19-24(28)26(33)32-16-14-30(15-17-32)20-21-6-5-9-23(29)18-21/h2-9,18,24-25H,10-17,19-20H2,1H3/t24-,25+/m0/s1. The molecule has 186 valence electrons. The van der Waals surface area contributed by atoms with E-state index in [4.69, 9.17) is 4.74 Å². The maximum atomic E-state index is 13.5. The molecule has 0 N–H and O–H groups in total. The van der Waals surface area contributed by atoms with E-state index in [1.165, 1.54) is 6.07 Å². The fourth-order valence-electron chi connectivity index (χ4n) is 5.84. The second-order valence-electron chi connectivity index (χ2n) is 10.2. The van der Waals surface area contributed by atoms with Crippen LogP contribution < -0.4 is 0 Å². The number of likely N-dealkylation sites (tertiary alicyclic amines) is 1. The van der Waals surface area contributed by atoms with Gasteiger partial charge < -0.3 is 14.5 Å². The lowest BCUT2D eigenvalue weighted by Crippen LogP contribution is -2.49. The van der Waals surface area contributed by atoms with Crippen molar-refractivity contribution in [2.24, 2.45) is 11.3 Å². The van der Waals surface area contributed by atoms with Crippen molar-refractivity contribution in [1.82, 2.24) is 14.7 Å². The largest absolute Gasteiger partial charge is 0.367 e. The molecule has 1 spiro atoms. The molecule has 1 aliphatic carbocycles. The average Bonchev–Trinajstić information content (AvgIpc) is 3.58. The Kier molecular flexibility index (Phi) is 6.89. The lowest BCUT2D eigenvalue weighted by molar-refractivity contribution is -0.144. The van der Waals surface area contributed by atoms with Gasteiger partial charge in [0.2, 0.25) is 5.91 Å². The Labute approximate surface area is 206 Å². The van der Waals surface area contributed by atoms with Crippen LogP contribution in [0.25, 0.3) is 0 Å². The highest BCUT2D eigenvalue weighted by Crippen LogP contribution is 2.60. The predicted molar refractivity (Wildman–Crippen MR) is 131 cm³/mol. The summed E-state index contributed by atoms with van der Waals surface area (Å²) < 4.78 is 19.0. The van der Waals surface area contributed by atoms with Crippen molar-refractivity contribution in [3.8, 4) is 0 Å². The van der Waals surface area contributed by atoms with Gasteiger partial charge in [0, 0.05) is 58.8 Å². The van der Waals surface area contributed by atoms with E-state index in [0.717, 1.165) is 56.6 Å². The van der Waals surface area contributed by atoms with E-state index in [2.05, 4.69) is 4.90 Å². The summed E-state index contributed by atoms with van der Waals surface area (Å²) >= 11 is 0. The molecule has 5 rings (SSSR count). The van der Waals surface area contributed by atoms with Crippen molar-refractivity contribution in [3.63, 3.8) is 0 Å². The first-order valence-electron chi connectivity index (χ1n) is 12.6. The quantitative estimate of drug-likeness (QED) is 0.637. The van der Waals surface area contributed by atoms with Crippen LogP contribution in [0.4, 0.5) is 4.39 Å². The lowest BCUT2D eigenvalue weighted by Gasteiger charge is -2.37. The van der Waals surface area contributed by atoms with Crippen LogP contribution in [0.3, 0.4) is 0 Å². The smallest absolute Gasteiger partial charge is 0.256 e. The van der Waals surface area contributed by atoms with Gasteiger partial charge in [-0.15, -0.1) is 0 Å². The number of piperidine rings is 1. The molecule has 2 aromatic carbocycles. The van der Waals surface area contributed by atoms with Crippen LogP contribution in [-0.2, 0) is 20.9 Å². The van der Waals surface area contributed by atoms with Crippen LogP contribution in [0.5, 0.6) is 0 Å². The Morgan fingerprint density at radius 1 is 0.971 bits per heavy atom. The van der Waals surface area contributed by atoms with Gasteiger partial charge in [-0.05, 0) is 47.9 Å². The third-order valence-corrected chi connectivity index (χ3v) is 8.10. The van der Waals surface area contributed by atoms with Gasteiger partial charge in [-0.3, -0.25) is 14.5 Å². The number of methoxy groups -OCH3 is 1. The molecule has 2 aliphatic heterocycles. The molecular formula is C28H34FN3O3. The minimum atomic E-state index is -0.578. The van der Waals surface area contributed by atoms with Crippen molar-refractivity contribution in [3.05, 3.63) is 71.5 Å².